The lowest BCUT2D eigenvalue weighted by Gasteiger charge is -2.12. The number of nitrogens with zero attached hydrogens (tertiary/aromatic N) is 1. The SMILES string of the molecule is c1cc(-c2cccc(-c3cccc4c3sc3ccccc34)c2)cc(-c2cnc3c4ccccc4c4ccccc4c3c2)c1. The maximum Gasteiger partial charge on any atom is 0.0787 e. The highest BCUT2D eigenvalue weighted by Gasteiger charge is 2.13. The molecule has 1 nitrogen and oxygen atoms in total. The summed E-state index contributed by atoms with van der Waals surface area (Å²) in [6, 6.07) is 52.8. The van der Waals surface area contributed by atoms with Gasteiger partial charge in [-0.1, -0.05) is 121 Å². The number of hydrogen-bond acceptors (Lipinski definition) is 2. The molecule has 9 rings (SSSR count). The van der Waals surface area contributed by atoms with Crippen molar-refractivity contribution in [3.63, 3.8) is 0 Å². The molecule has 0 bridgehead atoms. The molecule has 0 unspecified atom stereocenters. The van der Waals surface area contributed by atoms with Crippen molar-refractivity contribution in [1.82, 2.24) is 4.98 Å². The van der Waals surface area contributed by atoms with Gasteiger partial charge in [0.1, 0.15) is 0 Å². The second-order valence-corrected chi connectivity index (χ2v) is 12.2. The van der Waals surface area contributed by atoms with E-state index in [2.05, 4.69) is 146 Å². The van der Waals surface area contributed by atoms with Crippen molar-refractivity contribution < 1.29 is 0 Å². The van der Waals surface area contributed by atoms with Crippen molar-refractivity contribution >= 4 is 64.0 Å². The van der Waals surface area contributed by atoms with Gasteiger partial charge in [-0.25, -0.2) is 0 Å². The Bertz CT molecular complexity index is 2480. The van der Waals surface area contributed by atoms with Crippen LogP contribution in [0.3, 0.4) is 0 Å². The Kier molecular flexibility index (Phi) is 5.44. The van der Waals surface area contributed by atoms with Crippen LogP contribution in [0.1, 0.15) is 0 Å². The summed E-state index contributed by atoms with van der Waals surface area (Å²) in [5, 5.41) is 8.80. The first kappa shape index (κ1) is 24.3. The number of aromatic nitrogens is 1. The first-order valence-electron chi connectivity index (χ1n) is 14.6. The van der Waals surface area contributed by atoms with Crippen LogP contribution < -0.4 is 0 Å². The summed E-state index contributed by atoms with van der Waals surface area (Å²) in [5.74, 6) is 0. The van der Waals surface area contributed by atoms with Crippen LogP contribution in [0.2, 0.25) is 0 Å². The van der Waals surface area contributed by atoms with E-state index in [9.17, 15) is 0 Å². The van der Waals surface area contributed by atoms with Gasteiger partial charge in [0, 0.05) is 42.7 Å². The molecule has 2 heterocycles. The molecule has 2 aromatic heterocycles. The molecule has 0 N–H and O–H groups in total. The first-order chi connectivity index (χ1) is 21.3. The summed E-state index contributed by atoms with van der Waals surface area (Å²) in [7, 11) is 0. The molecule has 0 aliphatic heterocycles. The molecule has 0 radical (unpaired) electrons. The molecule has 0 amide bonds. The normalized spacial score (nSPS) is 11.7. The number of hydrogen-bond donors (Lipinski definition) is 0. The van der Waals surface area contributed by atoms with Crippen molar-refractivity contribution in [1.29, 1.82) is 0 Å². The van der Waals surface area contributed by atoms with Crippen LogP contribution in [0.15, 0.2) is 152 Å². The highest BCUT2D eigenvalue weighted by Crippen LogP contribution is 2.41. The highest BCUT2D eigenvalue weighted by molar-refractivity contribution is 7.26. The van der Waals surface area contributed by atoms with Gasteiger partial charge in [-0.2, -0.15) is 0 Å². The molecule has 200 valence electrons. The summed E-state index contributed by atoms with van der Waals surface area (Å²) in [4.78, 5) is 5.04. The molecule has 0 saturated heterocycles. The third-order valence-electron chi connectivity index (χ3n) is 8.68. The van der Waals surface area contributed by atoms with Gasteiger partial charge in [0.05, 0.1) is 5.52 Å². The van der Waals surface area contributed by atoms with Crippen LogP contribution in [0, 0.1) is 0 Å². The average molecular weight is 564 g/mol. The van der Waals surface area contributed by atoms with Crippen LogP contribution in [0.4, 0.5) is 0 Å². The standard InChI is InChI=1S/C41H25NS/c1-2-16-34-32(14-1)33-15-3-4-18-36(33)40-38(34)24-30(25-42-40)28-12-7-10-26(22-28)27-11-8-13-29(23-27)31-19-9-20-37-35-17-5-6-21-39(35)43-41(31)37/h1-25H. The zero-order valence-corrected chi connectivity index (χ0v) is 24.1. The van der Waals surface area contributed by atoms with Crippen molar-refractivity contribution in [2.75, 3.05) is 0 Å². The van der Waals surface area contributed by atoms with Crippen molar-refractivity contribution in [2.24, 2.45) is 0 Å². The smallest absolute Gasteiger partial charge is 0.0787 e. The van der Waals surface area contributed by atoms with E-state index in [4.69, 9.17) is 4.98 Å². The van der Waals surface area contributed by atoms with E-state index in [1.165, 1.54) is 74.9 Å². The number of pyridine rings is 1. The van der Waals surface area contributed by atoms with Gasteiger partial charge in [0.2, 0.25) is 0 Å². The minimum atomic E-state index is 1.05. The third kappa shape index (κ3) is 3.88. The van der Waals surface area contributed by atoms with E-state index in [-0.39, 0.29) is 0 Å². The van der Waals surface area contributed by atoms with Crippen LogP contribution in [0.5, 0.6) is 0 Å². The number of fused-ring (bicyclic) bond motifs is 9. The van der Waals surface area contributed by atoms with E-state index < -0.39 is 0 Å². The van der Waals surface area contributed by atoms with Crippen molar-refractivity contribution in [2.45, 2.75) is 0 Å². The maximum atomic E-state index is 5.04. The zero-order valence-electron chi connectivity index (χ0n) is 23.3. The van der Waals surface area contributed by atoms with E-state index in [0.29, 0.717) is 0 Å². The van der Waals surface area contributed by atoms with Crippen molar-refractivity contribution in [3.8, 4) is 33.4 Å². The molecule has 0 saturated carbocycles. The van der Waals surface area contributed by atoms with Crippen LogP contribution in [-0.4, -0.2) is 4.98 Å². The number of benzene rings is 7. The number of thiophene rings is 1. The molecule has 0 spiro atoms. The van der Waals surface area contributed by atoms with Gasteiger partial charge >= 0.3 is 0 Å². The molecular formula is C41H25NS. The molecule has 9 aromatic rings. The van der Waals surface area contributed by atoms with Crippen molar-refractivity contribution in [3.05, 3.63) is 152 Å². The lowest BCUT2D eigenvalue weighted by atomic mass is 9.94. The molecular weight excluding hydrogens is 539 g/mol. The zero-order chi connectivity index (χ0) is 28.3. The van der Waals surface area contributed by atoms with Gasteiger partial charge in [-0.15, -0.1) is 11.3 Å². The van der Waals surface area contributed by atoms with Gasteiger partial charge in [-0.3, -0.25) is 4.98 Å². The lowest BCUT2D eigenvalue weighted by molar-refractivity contribution is 1.42. The summed E-state index contributed by atoms with van der Waals surface area (Å²) in [5.41, 5.74) is 8.29. The van der Waals surface area contributed by atoms with Crippen LogP contribution in [0.25, 0.3) is 86.0 Å². The van der Waals surface area contributed by atoms with Gasteiger partial charge in [0.15, 0.2) is 0 Å². The van der Waals surface area contributed by atoms with Gasteiger partial charge < -0.3 is 0 Å². The summed E-state index contributed by atoms with van der Waals surface area (Å²) < 4.78 is 2.68. The Hall–Kier alpha value is -5.31. The fraction of sp³-hybridized carbons (Fsp3) is 0. The molecule has 0 fully saturated rings. The quantitative estimate of drug-likeness (QED) is 0.195. The average Bonchev–Trinajstić information content (AvgIpc) is 3.47. The Labute approximate surface area is 253 Å². The first-order valence-corrected chi connectivity index (χ1v) is 15.4. The molecule has 7 aromatic carbocycles. The number of rotatable bonds is 3. The van der Waals surface area contributed by atoms with E-state index >= 15 is 0 Å². The fourth-order valence-corrected chi connectivity index (χ4v) is 7.88. The predicted molar refractivity (Wildman–Crippen MR) is 186 cm³/mol. The molecule has 0 aliphatic carbocycles. The van der Waals surface area contributed by atoms with E-state index in [1.807, 2.05) is 17.5 Å². The van der Waals surface area contributed by atoms with Crippen LogP contribution in [-0.2, 0) is 0 Å². The Balaban J connectivity index is 1.17. The minimum absolute atomic E-state index is 1.05. The highest BCUT2D eigenvalue weighted by atomic mass is 32.1. The summed E-state index contributed by atoms with van der Waals surface area (Å²) in [6.45, 7) is 0. The van der Waals surface area contributed by atoms with Gasteiger partial charge in [0.25, 0.3) is 0 Å². The molecule has 0 atom stereocenters. The Morgan fingerprint density at radius 1 is 0.372 bits per heavy atom. The molecule has 2 heteroatoms. The summed E-state index contributed by atoms with van der Waals surface area (Å²) in [6.07, 6.45) is 2.03. The monoisotopic (exact) mass is 563 g/mol. The minimum Gasteiger partial charge on any atom is -0.255 e. The molecule has 43 heavy (non-hydrogen) atoms. The van der Waals surface area contributed by atoms with E-state index in [0.717, 1.165) is 11.1 Å². The largest absolute Gasteiger partial charge is 0.255 e. The third-order valence-corrected chi connectivity index (χ3v) is 9.90. The van der Waals surface area contributed by atoms with Gasteiger partial charge in [-0.05, 0) is 68.2 Å². The fourth-order valence-electron chi connectivity index (χ4n) is 6.64. The lowest BCUT2D eigenvalue weighted by Crippen LogP contribution is -1.88. The van der Waals surface area contributed by atoms with Crippen LogP contribution >= 0.6 is 11.3 Å². The predicted octanol–water partition coefficient (Wildman–Crippen LogP) is 11.9. The summed E-state index contributed by atoms with van der Waals surface area (Å²) >= 11 is 1.88. The Morgan fingerprint density at radius 3 is 1.67 bits per heavy atom. The second kappa shape index (κ2) is 9.62. The topological polar surface area (TPSA) is 12.9 Å². The second-order valence-electron chi connectivity index (χ2n) is 11.2. The van der Waals surface area contributed by atoms with E-state index in [1.54, 1.807) is 0 Å². The molecule has 0 aliphatic rings. The maximum absolute atomic E-state index is 5.04. The Morgan fingerprint density at radius 2 is 0.907 bits per heavy atom.